The van der Waals surface area contributed by atoms with E-state index in [1.165, 1.54) is 18.2 Å². The molecule has 1 aliphatic heterocycles. The second kappa shape index (κ2) is 8.68. The predicted molar refractivity (Wildman–Crippen MR) is 108 cm³/mol. The summed E-state index contributed by atoms with van der Waals surface area (Å²) in [6, 6.07) is 11.7. The summed E-state index contributed by atoms with van der Waals surface area (Å²) in [5.41, 5.74) is -0.568. The Hall–Kier alpha value is -3.53. The molecule has 1 aliphatic rings. The van der Waals surface area contributed by atoms with E-state index in [1.54, 1.807) is 30.3 Å². The molecule has 1 heterocycles. The third-order valence-corrected chi connectivity index (χ3v) is 4.77. The molecule has 0 aliphatic carbocycles. The van der Waals surface area contributed by atoms with E-state index in [-0.39, 0.29) is 23.7 Å². The van der Waals surface area contributed by atoms with Crippen LogP contribution in [0.2, 0.25) is 0 Å². The van der Waals surface area contributed by atoms with Gasteiger partial charge in [-0.05, 0) is 29.3 Å². The second-order valence-electron chi connectivity index (χ2n) is 7.02. The number of alkyl halides is 2. The lowest BCUT2D eigenvalue weighted by molar-refractivity contribution is -0.323. The fourth-order valence-electron chi connectivity index (χ4n) is 3.02. The number of nitrogens with zero attached hydrogens (tertiary/aromatic N) is 2. The van der Waals surface area contributed by atoms with Gasteiger partial charge in [-0.2, -0.15) is 0 Å². The highest BCUT2D eigenvalue weighted by Gasteiger charge is 2.60. The van der Waals surface area contributed by atoms with Crippen LogP contribution in [0, 0.1) is 5.82 Å². The molecule has 10 heteroatoms. The molecule has 2 aromatic rings. The van der Waals surface area contributed by atoms with Crippen LogP contribution in [-0.4, -0.2) is 33.7 Å². The third-order valence-electron chi connectivity index (χ3n) is 4.77. The summed E-state index contributed by atoms with van der Waals surface area (Å²) < 4.78 is 41.4. The van der Waals surface area contributed by atoms with Gasteiger partial charge in [0, 0.05) is 25.4 Å². The van der Waals surface area contributed by atoms with Crippen LogP contribution < -0.4 is 10.6 Å². The van der Waals surface area contributed by atoms with E-state index in [4.69, 9.17) is 4.84 Å². The minimum Gasteiger partial charge on any atom is -0.358 e. The van der Waals surface area contributed by atoms with E-state index in [1.807, 2.05) is 0 Å². The molecule has 0 fully saturated rings. The lowest BCUT2D eigenvalue weighted by atomic mass is 9.95. The number of hydroxylamine groups is 2. The van der Waals surface area contributed by atoms with Gasteiger partial charge in [-0.1, -0.05) is 42.1 Å². The predicted octanol–water partition coefficient (Wildman–Crippen LogP) is 4.46. The van der Waals surface area contributed by atoms with Crippen molar-refractivity contribution in [2.24, 2.45) is 5.16 Å². The first-order chi connectivity index (χ1) is 14.6. The first kappa shape index (κ1) is 22.2. The Morgan fingerprint density at radius 2 is 2.06 bits per heavy atom. The Morgan fingerprint density at radius 3 is 2.68 bits per heavy atom. The van der Waals surface area contributed by atoms with Gasteiger partial charge in [0.25, 0.3) is 5.72 Å². The minimum absolute atomic E-state index is 0.183. The lowest BCUT2D eigenvalue weighted by Crippen LogP contribution is -2.56. The maximum absolute atomic E-state index is 14.1. The average molecular weight is 434 g/mol. The number of carbonyl (C=O) groups is 1. The van der Waals surface area contributed by atoms with Gasteiger partial charge in [-0.15, -0.1) is 0 Å². The van der Waals surface area contributed by atoms with Crippen LogP contribution in [0.5, 0.6) is 0 Å². The summed E-state index contributed by atoms with van der Waals surface area (Å²) in [6.07, 6.45) is 0.464. The molecule has 0 saturated carbocycles. The molecule has 0 aromatic heterocycles. The van der Waals surface area contributed by atoms with Crippen molar-refractivity contribution < 1.29 is 28.0 Å². The van der Waals surface area contributed by atoms with Gasteiger partial charge in [0.2, 0.25) is 0 Å². The Balaban J connectivity index is 1.60. The molecule has 31 heavy (non-hydrogen) atoms. The first-order valence-corrected chi connectivity index (χ1v) is 9.28. The number of carbonyl (C=O) groups excluding carboxylic acids is 1. The van der Waals surface area contributed by atoms with Crippen LogP contribution >= 0.6 is 0 Å². The first-order valence-electron chi connectivity index (χ1n) is 9.28. The Kier molecular flexibility index (Phi) is 6.21. The summed E-state index contributed by atoms with van der Waals surface area (Å²) in [5.74, 6) is -3.89. The van der Waals surface area contributed by atoms with Crippen molar-refractivity contribution >= 4 is 17.4 Å². The fourth-order valence-corrected chi connectivity index (χ4v) is 3.02. The highest BCUT2D eigenvalue weighted by Crippen LogP contribution is 2.42. The van der Waals surface area contributed by atoms with E-state index in [9.17, 15) is 23.2 Å². The Morgan fingerprint density at radius 1 is 1.35 bits per heavy atom. The van der Waals surface area contributed by atoms with Gasteiger partial charge < -0.3 is 15.5 Å². The molecule has 0 saturated heterocycles. The normalized spacial score (nSPS) is 18.0. The van der Waals surface area contributed by atoms with E-state index >= 15 is 0 Å². The van der Waals surface area contributed by atoms with E-state index < -0.39 is 23.5 Å². The fraction of sp³-hybridized carbons (Fsp3) is 0.238. The van der Waals surface area contributed by atoms with E-state index in [0.29, 0.717) is 18.2 Å². The number of anilines is 1. The second-order valence-corrected chi connectivity index (χ2v) is 7.02. The molecule has 164 valence electrons. The van der Waals surface area contributed by atoms with Crippen LogP contribution in [0.15, 0.2) is 66.5 Å². The third kappa shape index (κ3) is 4.80. The minimum atomic E-state index is -3.43. The number of benzene rings is 2. The maximum atomic E-state index is 14.1. The molecule has 0 radical (unpaired) electrons. The molecular weight excluding hydrogens is 413 g/mol. The van der Waals surface area contributed by atoms with Gasteiger partial charge in [0.15, 0.2) is 0 Å². The molecule has 0 spiro atoms. The number of hydrogen-bond acceptors (Lipinski definition) is 5. The van der Waals surface area contributed by atoms with Gasteiger partial charge in [-0.3, -0.25) is 5.21 Å². The number of halogens is 3. The number of rotatable bonds is 7. The largest absolute Gasteiger partial charge is 0.358 e. The zero-order valence-corrected chi connectivity index (χ0v) is 16.6. The van der Waals surface area contributed by atoms with Gasteiger partial charge in [0.1, 0.15) is 5.82 Å². The lowest BCUT2D eigenvalue weighted by Gasteiger charge is -2.36. The number of oxime groups is 1. The Bertz CT molecular complexity index is 992. The van der Waals surface area contributed by atoms with Crippen molar-refractivity contribution in [1.82, 2.24) is 10.4 Å². The van der Waals surface area contributed by atoms with Gasteiger partial charge >= 0.3 is 12.0 Å². The van der Waals surface area contributed by atoms with Crippen molar-refractivity contribution in [3.05, 3.63) is 78.3 Å². The molecule has 1 unspecified atom stereocenters. The molecule has 1 atom stereocenters. The number of amides is 2. The van der Waals surface area contributed by atoms with Crippen molar-refractivity contribution in [2.45, 2.75) is 31.5 Å². The zero-order valence-electron chi connectivity index (χ0n) is 16.6. The highest BCUT2D eigenvalue weighted by atomic mass is 19.3. The van der Waals surface area contributed by atoms with E-state index in [2.05, 4.69) is 22.4 Å². The van der Waals surface area contributed by atoms with Gasteiger partial charge in [-0.25, -0.2) is 23.0 Å². The van der Waals surface area contributed by atoms with Gasteiger partial charge in [0.05, 0.1) is 12.1 Å². The van der Waals surface area contributed by atoms with E-state index in [0.717, 1.165) is 11.8 Å². The number of nitrogens with one attached hydrogen (secondary N) is 2. The molecule has 0 bridgehead atoms. The molecule has 3 N–H and O–H groups in total. The summed E-state index contributed by atoms with van der Waals surface area (Å²) >= 11 is 0. The van der Waals surface area contributed by atoms with Crippen molar-refractivity contribution in [3.8, 4) is 0 Å². The van der Waals surface area contributed by atoms with Crippen LogP contribution in [0.25, 0.3) is 0 Å². The zero-order chi connectivity index (χ0) is 22.6. The number of urea groups is 1. The number of hydrogen-bond donors (Lipinski definition) is 3. The smallest absolute Gasteiger partial charge is 0.319 e. The molecule has 3 rings (SSSR count). The van der Waals surface area contributed by atoms with Crippen LogP contribution in [0.3, 0.4) is 0 Å². The molecule has 2 amide bonds. The highest BCUT2D eigenvalue weighted by molar-refractivity contribution is 6.01. The maximum Gasteiger partial charge on any atom is 0.319 e. The topological polar surface area (TPSA) is 86.2 Å². The molecular formula is C21H21F3N4O3. The quantitative estimate of drug-likeness (QED) is 0.562. The average Bonchev–Trinajstić information content (AvgIpc) is 3.19. The van der Waals surface area contributed by atoms with Crippen molar-refractivity contribution in [1.29, 1.82) is 0 Å². The molecule has 7 nitrogen and oxygen atoms in total. The van der Waals surface area contributed by atoms with Crippen molar-refractivity contribution in [3.63, 3.8) is 0 Å². The SMILES string of the molecule is C=CN(O)C1(C(C)(F)F)CC(c2ccc(CNC(=O)Nc3cccc(F)c3)cc2)=NO1. The summed E-state index contributed by atoms with van der Waals surface area (Å²) in [4.78, 5) is 16.9. The standard InChI is InChI=1S/C21H21F3N4O3/c1-3-28(30)21(20(2,23)24)12-18(27-31-21)15-9-7-14(8-10-15)13-25-19(29)26-17-6-4-5-16(22)11-17/h3-11,30H,1,12-13H2,2H3,(H2,25,26,29). The molecule has 2 aromatic carbocycles. The van der Waals surface area contributed by atoms with Crippen LogP contribution in [0.1, 0.15) is 24.5 Å². The van der Waals surface area contributed by atoms with Crippen molar-refractivity contribution in [2.75, 3.05) is 5.32 Å². The van der Waals surface area contributed by atoms with Crippen LogP contribution in [0.4, 0.5) is 23.7 Å². The summed E-state index contributed by atoms with van der Waals surface area (Å²) in [6.45, 7) is 4.10. The van der Waals surface area contributed by atoms with Crippen LogP contribution in [-0.2, 0) is 11.4 Å². The summed E-state index contributed by atoms with van der Waals surface area (Å²) in [7, 11) is 0. The summed E-state index contributed by atoms with van der Waals surface area (Å²) in [5, 5.41) is 19.0. The monoisotopic (exact) mass is 434 g/mol. The Labute approximate surface area is 176 Å².